The molecule has 0 bridgehead atoms. The van der Waals surface area contributed by atoms with E-state index in [0.29, 0.717) is 4.68 Å². The smallest absolute Gasteiger partial charge is 0.389 e. The first kappa shape index (κ1) is 21.9. The van der Waals surface area contributed by atoms with Crippen molar-refractivity contribution in [2.45, 2.75) is 18.8 Å². The highest BCUT2D eigenvalue weighted by atomic mass is 19.4. The second-order valence-electron chi connectivity index (χ2n) is 7.17. The largest absolute Gasteiger partial charge is 0.408 e. The molecule has 32 heavy (non-hydrogen) atoms. The third-order valence-electron chi connectivity index (χ3n) is 4.69. The zero-order valence-electron chi connectivity index (χ0n) is 16.5. The second-order valence-corrected chi connectivity index (χ2v) is 7.17. The Morgan fingerprint density at radius 1 is 1.28 bits per heavy atom. The van der Waals surface area contributed by atoms with Gasteiger partial charge in [0.15, 0.2) is 5.82 Å². The fourth-order valence-electron chi connectivity index (χ4n) is 3.28. The van der Waals surface area contributed by atoms with E-state index < -0.39 is 30.5 Å². The highest BCUT2D eigenvalue weighted by molar-refractivity contribution is 5.98. The Hall–Kier alpha value is -3.32. The van der Waals surface area contributed by atoms with Gasteiger partial charge in [0.1, 0.15) is 23.9 Å². The molecule has 9 nitrogen and oxygen atoms in total. The van der Waals surface area contributed by atoms with Gasteiger partial charge in [0.25, 0.3) is 5.91 Å². The van der Waals surface area contributed by atoms with Gasteiger partial charge >= 0.3 is 6.18 Å². The zero-order chi connectivity index (χ0) is 22.9. The van der Waals surface area contributed by atoms with Crippen LogP contribution in [0.4, 0.5) is 29.2 Å². The molecule has 4 heterocycles. The van der Waals surface area contributed by atoms with Crippen LogP contribution in [0, 0.1) is 5.82 Å². The summed E-state index contributed by atoms with van der Waals surface area (Å²) >= 11 is 0. The van der Waals surface area contributed by atoms with E-state index in [1.54, 1.807) is 0 Å². The maximum absolute atomic E-state index is 13.1. The van der Waals surface area contributed by atoms with Gasteiger partial charge in [0, 0.05) is 19.3 Å². The van der Waals surface area contributed by atoms with Gasteiger partial charge in [-0.15, -0.1) is 0 Å². The summed E-state index contributed by atoms with van der Waals surface area (Å²) in [7, 11) is 0. The number of alkyl halides is 3. The summed E-state index contributed by atoms with van der Waals surface area (Å²) in [4.78, 5) is 22.1. The maximum atomic E-state index is 13.1. The first-order chi connectivity index (χ1) is 15.2. The number of fused-ring (bicyclic) bond motifs is 1. The molecule has 1 aliphatic heterocycles. The molecule has 3 aromatic heterocycles. The van der Waals surface area contributed by atoms with Crippen LogP contribution in [-0.2, 0) is 11.3 Å². The van der Waals surface area contributed by atoms with Crippen molar-refractivity contribution in [3.05, 3.63) is 42.1 Å². The standard InChI is InChI=1S/C19H18F4N6O3/c20-11-1-2-16(25-6-11)26-17-13-7-24-14(5-15(13)29(27-17)10-19(21,22)23)18(31)28-3-4-32-9-12(30)8-28/h1-2,5-7,12,30H,3-4,8-10H2,(H,25,26,27). The molecule has 1 amide bonds. The molecule has 1 unspecified atom stereocenters. The van der Waals surface area contributed by atoms with Crippen LogP contribution < -0.4 is 5.32 Å². The monoisotopic (exact) mass is 454 g/mol. The van der Waals surface area contributed by atoms with E-state index >= 15 is 0 Å². The summed E-state index contributed by atoms with van der Waals surface area (Å²) in [5.74, 6) is -0.931. The summed E-state index contributed by atoms with van der Waals surface area (Å²) < 4.78 is 58.3. The van der Waals surface area contributed by atoms with E-state index in [9.17, 15) is 27.5 Å². The highest BCUT2D eigenvalue weighted by Gasteiger charge is 2.31. The molecule has 4 rings (SSSR count). The number of pyridine rings is 2. The molecule has 0 spiro atoms. The number of nitrogens with one attached hydrogen (secondary N) is 1. The van der Waals surface area contributed by atoms with Crippen LogP contribution in [0.1, 0.15) is 10.5 Å². The van der Waals surface area contributed by atoms with Gasteiger partial charge in [-0.05, 0) is 18.2 Å². The lowest BCUT2D eigenvalue weighted by atomic mass is 10.2. The van der Waals surface area contributed by atoms with Crippen molar-refractivity contribution in [3.63, 3.8) is 0 Å². The number of hydrogen-bond acceptors (Lipinski definition) is 7. The minimum absolute atomic E-state index is 0.0173. The van der Waals surface area contributed by atoms with Gasteiger partial charge < -0.3 is 20.1 Å². The van der Waals surface area contributed by atoms with E-state index in [-0.39, 0.29) is 54.5 Å². The Labute approximate surface area is 178 Å². The van der Waals surface area contributed by atoms with E-state index in [4.69, 9.17) is 4.74 Å². The van der Waals surface area contributed by atoms with Gasteiger partial charge in [0.2, 0.25) is 0 Å². The highest BCUT2D eigenvalue weighted by Crippen LogP contribution is 2.28. The first-order valence-corrected chi connectivity index (χ1v) is 9.56. The average molecular weight is 454 g/mol. The number of carbonyl (C=O) groups excluding carboxylic acids is 1. The molecule has 2 N–H and O–H groups in total. The van der Waals surface area contributed by atoms with Gasteiger partial charge in [-0.25, -0.2) is 9.37 Å². The van der Waals surface area contributed by atoms with Crippen molar-refractivity contribution in [1.29, 1.82) is 0 Å². The van der Waals surface area contributed by atoms with Crippen LogP contribution in [0.15, 0.2) is 30.6 Å². The molecule has 0 aromatic carbocycles. The number of hydrogen-bond donors (Lipinski definition) is 2. The van der Waals surface area contributed by atoms with Crippen LogP contribution >= 0.6 is 0 Å². The van der Waals surface area contributed by atoms with E-state index in [1.165, 1.54) is 23.2 Å². The Bertz CT molecular complexity index is 1120. The predicted octanol–water partition coefficient (Wildman–Crippen LogP) is 2.10. The number of halogens is 4. The minimum Gasteiger partial charge on any atom is -0.389 e. The van der Waals surface area contributed by atoms with Gasteiger partial charge in [0.05, 0.1) is 36.4 Å². The number of nitrogens with zero attached hydrogens (tertiary/aromatic N) is 5. The number of rotatable bonds is 4. The molecule has 1 fully saturated rings. The van der Waals surface area contributed by atoms with Gasteiger partial charge in [-0.1, -0.05) is 0 Å². The predicted molar refractivity (Wildman–Crippen MR) is 104 cm³/mol. The summed E-state index contributed by atoms with van der Waals surface area (Å²) in [5, 5.41) is 16.8. The fourth-order valence-corrected chi connectivity index (χ4v) is 3.28. The number of β-amino-alcohol motifs (C(OH)–C–C–N with tert-alkyl or cyclic N) is 1. The quantitative estimate of drug-likeness (QED) is 0.582. The Morgan fingerprint density at radius 3 is 2.81 bits per heavy atom. The normalized spacial score (nSPS) is 17.4. The number of anilines is 2. The number of ether oxygens (including phenoxy) is 1. The van der Waals surface area contributed by atoms with Crippen LogP contribution in [0.3, 0.4) is 0 Å². The van der Waals surface area contributed by atoms with Crippen molar-refractivity contribution >= 4 is 28.4 Å². The SMILES string of the molecule is O=C(c1cc2c(cn1)c(Nc1ccc(F)cn1)nn2CC(F)(F)F)N1CCOCC(O)C1. The molecule has 13 heteroatoms. The van der Waals surface area contributed by atoms with Gasteiger partial charge in [-0.3, -0.25) is 14.5 Å². The third kappa shape index (κ3) is 4.94. The molecule has 1 atom stereocenters. The lowest BCUT2D eigenvalue weighted by Crippen LogP contribution is -2.38. The average Bonchev–Trinajstić information content (AvgIpc) is 2.90. The number of aromatic nitrogens is 4. The van der Waals surface area contributed by atoms with Crippen molar-refractivity contribution in [2.24, 2.45) is 0 Å². The summed E-state index contributed by atoms with van der Waals surface area (Å²) in [5.41, 5.74) is -0.0710. The molecule has 3 aromatic rings. The number of aliphatic hydroxyl groups is 1. The zero-order valence-corrected chi connectivity index (χ0v) is 16.5. The Kier molecular flexibility index (Phi) is 5.93. The molecular formula is C19H18F4N6O3. The van der Waals surface area contributed by atoms with Crippen LogP contribution in [0.5, 0.6) is 0 Å². The number of aliphatic hydroxyl groups excluding tert-OH is 1. The lowest BCUT2D eigenvalue weighted by molar-refractivity contribution is -0.141. The van der Waals surface area contributed by atoms with Crippen LogP contribution in [-0.4, -0.2) is 74.2 Å². The van der Waals surface area contributed by atoms with E-state index in [1.807, 2.05) is 0 Å². The molecule has 1 aliphatic rings. The van der Waals surface area contributed by atoms with Crippen molar-refractivity contribution in [1.82, 2.24) is 24.6 Å². The number of carbonyl (C=O) groups is 1. The van der Waals surface area contributed by atoms with E-state index in [2.05, 4.69) is 20.4 Å². The summed E-state index contributed by atoms with van der Waals surface area (Å²) in [6.45, 7) is -0.864. The molecule has 0 aliphatic carbocycles. The molecule has 170 valence electrons. The molecule has 0 saturated carbocycles. The lowest BCUT2D eigenvalue weighted by Gasteiger charge is -2.20. The minimum atomic E-state index is -4.57. The maximum Gasteiger partial charge on any atom is 0.408 e. The van der Waals surface area contributed by atoms with E-state index in [0.717, 1.165) is 12.3 Å². The third-order valence-corrected chi connectivity index (χ3v) is 4.69. The summed E-state index contributed by atoms with van der Waals surface area (Å²) in [6, 6.07) is 3.67. The summed E-state index contributed by atoms with van der Waals surface area (Å²) in [6.07, 6.45) is -3.26. The van der Waals surface area contributed by atoms with Gasteiger partial charge in [-0.2, -0.15) is 18.3 Å². The van der Waals surface area contributed by atoms with Crippen molar-refractivity contribution < 1.29 is 32.2 Å². The van der Waals surface area contributed by atoms with Crippen LogP contribution in [0.25, 0.3) is 10.9 Å². The molecule has 0 radical (unpaired) electrons. The topological polar surface area (TPSA) is 105 Å². The second kappa shape index (κ2) is 8.67. The molecular weight excluding hydrogens is 436 g/mol. The number of amides is 1. The first-order valence-electron chi connectivity index (χ1n) is 9.56. The van der Waals surface area contributed by atoms with Crippen molar-refractivity contribution in [2.75, 3.05) is 31.6 Å². The Morgan fingerprint density at radius 2 is 2.09 bits per heavy atom. The fraction of sp³-hybridized carbons (Fsp3) is 0.368. The van der Waals surface area contributed by atoms with Crippen molar-refractivity contribution in [3.8, 4) is 0 Å². The molecule has 1 saturated heterocycles. The van der Waals surface area contributed by atoms with Crippen LogP contribution in [0.2, 0.25) is 0 Å². The Balaban J connectivity index is 1.70.